The zero-order chi connectivity index (χ0) is 17.7. The highest BCUT2D eigenvalue weighted by molar-refractivity contribution is 4.88. The van der Waals surface area contributed by atoms with Crippen molar-refractivity contribution in [2.24, 2.45) is 0 Å². The van der Waals surface area contributed by atoms with E-state index >= 15 is 0 Å². The first kappa shape index (κ1) is 22.8. The Morgan fingerprint density at radius 3 is 1.91 bits per heavy atom. The quantitative estimate of drug-likeness (QED) is 0.477. The third-order valence-electron chi connectivity index (χ3n) is 3.88. The molecule has 0 saturated carbocycles. The van der Waals surface area contributed by atoms with Crippen LogP contribution < -0.4 is 0 Å². The molecule has 0 aromatic heterocycles. The number of aliphatic hydroxyl groups excluding tert-OH is 4. The van der Waals surface area contributed by atoms with Crippen LogP contribution in [0.5, 0.6) is 0 Å². The number of ether oxygens (including phenoxy) is 2. The van der Waals surface area contributed by atoms with Crippen molar-refractivity contribution < 1.29 is 29.9 Å². The summed E-state index contributed by atoms with van der Waals surface area (Å²) < 4.78 is 10.6. The van der Waals surface area contributed by atoms with Crippen LogP contribution in [-0.2, 0) is 9.47 Å². The van der Waals surface area contributed by atoms with Crippen LogP contribution in [0, 0.1) is 0 Å². The molecule has 0 bridgehead atoms. The smallest absolute Gasteiger partial charge is 0.186 e. The molecular weight excluding hydrogens is 300 g/mol. The van der Waals surface area contributed by atoms with Crippen LogP contribution in [0.1, 0.15) is 65.7 Å². The van der Waals surface area contributed by atoms with Gasteiger partial charge in [-0.3, -0.25) is 0 Å². The predicted molar refractivity (Wildman–Crippen MR) is 89.1 cm³/mol. The molecule has 1 aliphatic heterocycles. The average Bonchev–Trinajstić information content (AvgIpc) is 2.58. The Morgan fingerprint density at radius 1 is 0.783 bits per heavy atom. The summed E-state index contributed by atoms with van der Waals surface area (Å²) in [6, 6.07) is 0. The average molecular weight is 336 g/mol. The normalized spacial score (nSPS) is 30.7. The summed E-state index contributed by atoms with van der Waals surface area (Å²) in [6.07, 6.45) is 2.17. The van der Waals surface area contributed by atoms with Gasteiger partial charge in [0.2, 0.25) is 0 Å². The van der Waals surface area contributed by atoms with Crippen LogP contribution >= 0.6 is 0 Å². The Labute approximate surface area is 140 Å². The second kappa shape index (κ2) is 14.1. The molecule has 0 aromatic carbocycles. The minimum absolute atomic E-state index is 0.423. The van der Waals surface area contributed by atoms with Gasteiger partial charge in [0, 0.05) is 6.61 Å². The van der Waals surface area contributed by atoms with Crippen molar-refractivity contribution in [2.45, 2.75) is 96.4 Å². The molecule has 23 heavy (non-hydrogen) atoms. The summed E-state index contributed by atoms with van der Waals surface area (Å²) in [5, 5.41) is 37.9. The van der Waals surface area contributed by atoms with E-state index in [0.717, 1.165) is 19.3 Å². The van der Waals surface area contributed by atoms with Gasteiger partial charge in [-0.05, 0) is 6.42 Å². The van der Waals surface area contributed by atoms with Crippen molar-refractivity contribution in [2.75, 3.05) is 13.2 Å². The molecule has 0 aliphatic carbocycles. The van der Waals surface area contributed by atoms with E-state index in [2.05, 4.69) is 20.8 Å². The van der Waals surface area contributed by atoms with Gasteiger partial charge in [0.15, 0.2) is 6.29 Å². The fourth-order valence-corrected chi connectivity index (χ4v) is 2.11. The largest absolute Gasteiger partial charge is 0.394 e. The Hall–Kier alpha value is -0.240. The predicted octanol–water partition coefficient (Wildman–Crippen LogP) is 1.58. The first-order chi connectivity index (χ1) is 11.0. The van der Waals surface area contributed by atoms with Crippen molar-refractivity contribution in [3.8, 4) is 0 Å². The van der Waals surface area contributed by atoms with Gasteiger partial charge in [-0.2, -0.15) is 0 Å². The minimum Gasteiger partial charge on any atom is -0.394 e. The monoisotopic (exact) mass is 336 g/mol. The SMILES string of the molecule is CCCC.CCCCCCCO[C@@H]1O[C@H](CO)[C@@H](O)[C@H](O)[C@H]1O. The van der Waals surface area contributed by atoms with Gasteiger partial charge < -0.3 is 29.9 Å². The molecule has 5 atom stereocenters. The first-order valence-corrected chi connectivity index (χ1v) is 8.95. The molecule has 0 radical (unpaired) electrons. The zero-order valence-corrected chi connectivity index (χ0v) is 14.9. The maximum atomic E-state index is 9.72. The van der Waals surface area contributed by atoms with Gasteiger partial charge in [0.1, 0.15) is 24.4 Å². The topological polar surface area (TPSA) is 99.4 Å². The lowest BCUT2D eigenvalue weighted by Crippen LogP contribution is -2.59. The van der Waals surface area contributed by atoms with Gasteiger partial charge in [0.05, 0.1) is 6.61 Å². The van der Waals surface area contributed by atoms with E-state index in [0.29, 0.717) is 6.61 Å². The fourth-order valence-electron chi connectivity index (χ4n) is 2.11. The first-order valence-electron chi connectivity index (χ1n) is 8.95. The summed E-state index contributed by atoms with van der Waals surface area (Å²) in [7, 11) is 0. The summed E-state index contributed by atoms with van der Waals surface area (Å²) in [5.41, 5.74) is 0. The van der Waals surface area contributed by atoms with Gasteiger partial charge in [0.25, 0.3) is 0 Å². The van der Waals surface area contributed by atoms with E-state index in [1.54, 1.807) is 0 Å². The molecule has 1 saturated heterocycles. The van der Waals surface area contributed by atoms with Crippen LogP contribution in [0.4, 0.5) is 0 Å². The molecule has 0 aromatic rings. The summed E-state index contributed by atoms with van der Waals surface area (Å²) in [5.74, 6) is 0. The second-order valence-electron chi connectivity index (χ2n) is 5.98. The van der Waals surface area contributed by atoms with Crippen LogP contribution in [0.25, 0.3) is 0 Å². The fraction of sp³-hybridized carbons (Fsp3) is 1.00. The minimum atomic E-state index is -1.36. The van der Waals surface area contributed by atoms with Gasteiger partial charge in [-0.15, -0.1) is 0 Å². The summed E-state index contributed by atoms with van der Waals surface area (Å²) in [6.45, 7) is 6.50. The maximum absolute atomic E-state index is 9.72. The summed E-state index contributed by atoms with van der Waals surface area (Å²) in [4.78, 5) is 0. The zero-order valence-electron chi connectivity index (χ0n) is 14.9. The van der Waals surface area contributed by atoms with E-state index in [9.17, 15) is 15.3 Å². The van der Waals surface area contributed by atoms with Crippen LogP contribution in [0.3, 0.4) is 0 Å². The Bertz CT molecular complexity index is 259. The van der Waals surface area contributed by atoms with E-state index in [1.807, 2.05) is 0 Å². The second-order valence-corrected chi connectivity index (χ2v) is 5.98. The van der Waals surface area contributed by atoms with Gasteiger partial charge in [-0.1, -0.05) is 59.3 Å². The third kappa shape index (κ3) is 8.98. The van der Waals surface area contributed by atoms with Gasteiger partial charge in [-0.25, -0.2) is 0 Å². The highest BCUT2D eigenvalue weighted by Crippen LogP contribution is 2.22. The molecular formula is C17H36O6. The lowest BCUT2D eigenvalue weighted by Gasteiger charge is -2.39. The molecule has 6 nitrogen and oxygen atoms in total. The number of rotatable bonds is 9. The highest BCUT2D eigenvalue weighted by atomic mass is 16.7. The lowest BCUT2D eigenvalue weighted by molar-refractivity contribution is -0.301. The number of aliphatic hydroxyl groups is 4. The lowest BCUT2D eigenvalue weighted by atomic mass is 9.99. The van der Waals surface area contributed by atoms with Crippen molar-refractivity contribution in [1.29, 1.82) is 0 Å². The molecule has 1 fully saturated rings. The van der Waals surface area contributed by atoms with Crippen molar-refractivity contribution in [3.05, 3.63) is 0 Å². The van der Waals surface area contributed by atoms with E-state index < -0.39 is 37.3 Å². The van der Waals surface area contributed by atoms with Gasteiger partial charge >= 0.3 is 0 Å². The molecule has 1 aliphatic rings. The van der Waals surface area contributed by atoms with Crippen LogP contribution in [0.2, 0.25) is 0 Å². The van der Waals surface area contributed by atoms with Crippen molar-refractivity contribution in [3.63, 3.8) is 0 Å². The van der Waals surface area contributed by atoms with E-state index in [1.165, 1.54) is 25.7 Å². The Morgan fingerprint density at radius 2 is 1.39 bits per heavy atom. The van der Waals surface area contributed by atoms with Crippen molar-refractivity contribution >= 4 is 0 Å². The van der Waals surface area contributed by atoms with Crippen LogP contribution in [-0.4, -0.2) is 64.3 Å². The van der Waals surface area contributed by atoms with E-state index in [-0.39, 0.29) is 0 Å². The van der Waals surface area contributed by atoms with E-state index in [4.69, 9.17) is 14.6 Å². The molecule has 0 spiro atoms. The van der Waals surface area contributed by atoms with Crippen LogP contribution in [0.15, 0.2) is 0 Å². The third-order valence-corrected chi connectivity index (χ3v) is 3.88. The number of hydrogen-bond acceptors (Lipinski definition) is 6. The number of hydrogen-bond donors (Lipinski definition) is 4. The Kier molecular flexibility index (Phi) is 14.0. The highest BCUT2D eigenvalue weighted by Gasteiger charge is 2.43. The molecule has 1 rings (SSSR count). The van der Waals surface area contributed by atoms with Crippen molar-refractivity contribution in [1.82, 2.24) is 0 Å². The Balaban J connectivity index is 0.00000108. The molecule has 140 valence electrons. The molecule has 0 amide bonds. The standard InChI is InChI=1S/C13H26O6.C4H10/c1-2-3-4-5-6-7-18-13-12(17)11(16)10(15)9(8-14)19-13;1-3-4-2/h9-17H,2-8H2,1H3;3-4H2,1-2H3/t9-,10-,11+,12-,13-;/m1./s1. The number of unbranched alkanes of at least 4 members (excludes halogenated alkanes) is 5. The molecule has 4 N–H and O–H groups in total. The summed E-state index contributed by atoms with van der Waals surface area (Å²) >= 11 is 0. The molecule has 1 heterocycles. The molecule has 0 unspecified atom stereocenters. The maximum Gasteiger partial charge on any atom is 0.186 e. The molecule has 6 heteroatoms.